The summed E-state index contributed by atoms with van der Waals surface area (Å²) in [5, 5.41) is 0.982. The fourth-order valence-corrected chi connectivity index (χ4v) is 4.14. The maximum atomic E-state index is 12.2. The van der Waals surface area contributed by atoms with Crippen molar-refractivity contribution >= 4 is 23.0 Å². The summed E-state index contributed by atoms with van der Waals surface area (Å²) in [6.45, 7) is 11.5. The van der Waals surface area contributed by atoms with Crippen LogP contribution < -0.4 is 0 Å². The Kier molecular flexibility index (Phi) is 7.02. The number of benzene rings is 1. The van der Waals surface area contributed by atoms with E-state index in [-0.39, 0.29) is 11.4 Å². The molecule has 160 valence electrons. The van der Waals surface area contributed by atoms with E-state index in [0.29, 0.717) is 17.8 Å². The molecule has 0 spiro atoms. The second-order valence-electron chi connectivity index (χ2n) is 9.04. The Morgan fingerprint density at radius 2 is 2.07 bits per heavy atom. The molecule has 1 aromatic heterocycles. The first-order valence-corrected chi connectivity index (χ1v) is 11.1. The van der Waals surface area contributed by atoms with Gasteiger partial charge in [-0.25, -0.2) is 4.79 Å². The van der Waals surface area contributed by atoms with Crippen LogP contribution in [0.1, 0.15) is 82.8 Å². The normalized spacial score (nSPS) is 17.2. The third-order valence-corrected chi connectivity index (χ3v) is 5.93. The van der Waals surface area contributed by atoms with E-state index in [1.54, 1.807) is 12.1 Å². The number of esters is 1. The fourth-order valence-electron chi connectivity index (χ4n) is 4.14. The number of carbonyl (C=O) groups is 1. The SMILES string of the molecule is CCCCOC(=O)c1ccc2cc(/C=C(C)/C=C/C3=C(C)CCCC3(C)C)oc2c1. The number of ether oxygens (including phenoxy) is 1. The standard InChI is InChI=1S/C27H34O3/c1-6-7-15-29-26(28)22-12-11-21-17-23(30-25(21)18-22)16-19(2)10-13-24-20(3)9-8-14-27(24,4)5/h10-13,16-18H,6-9,14-15H2,1-5H3/b13-10+,19-16+. The van der Waals surface area contributed by atoms with E-state index in [4.69, 9.17) is 9.15 Å². The zero-order valence-electron chi connectivity index (χ0n) is 19.0. The van der Waals surface area contributed by atoms with Crippen LogP contribution in [0.25, 0.3) is 17.0 Å². The summed E-state index contributed by atoms with van der Waals surface area (Å²) in [5.41, 5.74) is 5.56. The maximum absolute atomic E-state index is 12.2. The minimum atomic E-state index is -0.295. The molecule has 0 atom stereocenters. The van der Waals surface area contributed by atoms with E-state index in [1.807, 2.05) is 18.2 Å². The topological polar surface area (TPSA) is 39.4 Å². The van der Waals surface area contributed by atoms with Gasteiger partial charge in [-0.1, -0.05) is 51.0 Å². The highest BCUT2D eigenvalue weighted by Crippen LogP contribution is 2.40. The molecule has 3 nitrogen and oxygen atoms in total. The van der Waals surface area contributed by atoms with Gasteiger partial charge in [0.25, 0.3) is 0 Å². The third-order valence-electron chi connectivity index (χ3n) is 5.93. The minimum Gasteiger partial charge on any atom is -0.462 e. The summed E-state index contributed by atoms with van der Waals surface area (Å²) < 4.78 is 11.3. The van der Waals surface area contributed by atoms with Crippen LogP contribution in [-0.2, 0) is 4.74 Å². The second kappa shape index (κ2) is 9.51. The van der Waals surface area contributed by atoms with E-state index in [0.717, 1.165) is 29.6 Å². The zero-order valence-corrected chi connectivity index (χ0v) is 19.0. The number of furan rings is 1. The molecule has 1 aliphatic rings. The Bertz CT molecular complexity index is 998. The first-order valence-electron chi connectivity index (χ1n) is 11.1. The van der Waals surface area contributed by atoms with Gasteiger partial charge >= 0.3 is 5.97 Å². The zero-order chi connectivity index (χ0) is 21.7. The van der Waals surface area contributed by atoms with Crippen molar-refractivity contribution in [3.63, 3.8) is 0 Å². The van der Waals surface area contributed by atoms with E-state index < -0.39 is 0 Å². The van der Waals surface area contributed by atoms with Crippen molar-refractivity contribution in [2.45, 2.75) is 66.7 Å². The van der Waals surface area contributed by atoms with Crippen LogP contribution in [0.3, 0.4) is 0 Å². The lowest BCUT2D eigenvalue weighted by atomic mass is 9.72. The van der Waals surface area contributed by atoms with Gasteiger partial charge in [0.2, 0.25) is 0 Å². The van der Waals surface area contributed by atoms with Gasteiger partial charge in [0.05, 0.1) is 12.2 Å². The van der Waals surface area contributed by atoms with Crippen LogP contribution in [0, 0.1) is 5.41 Å². The van der Waals surface area contributed by atoms with Crippen LogP contribution in [0.5, 0.6) is 0 Å². The van der Waals surface area contributed by atoms with E-state index in [2.05, 4.69) is 46.8 Å². The predicted molar refractivity (Wildman–Crippen MR) is 125 cm³/mol. The smallest absolute Gasteiger partial charge is 0.338 e. The summed E-state index contributed by atoms with van der Waals surface area (Å²) in [6, 6.07) is 7.49. The molecule has 0 radical (unpaired) electrons. The van der Waals surface area contributed by atoms with Crippen LogP contribution in [-0.4, -0.2) is 12.6 Å². The van der Waals surface area contributed by atoms with Crippen molar-refractivity contribution in [3.8, 4) is 0 Å². The van der Waals surface area contributed by atoms with E-state index in [1.165, 1.54) is 30.4 Å². The van der Waals surface area contributed by atoms with Crippen LogP contribution in [0.15, 0.2) is 57.6 Å². The minimum absolute atomic E-state index is 0.237. The molecule has 0 unspecified atom stereocenters. The molecule has 1 heterocycles. The largest absolute Gasteiger partial charge is 0.462 e. The van der Waals surface area contributed by atoms with Crippen LogP contribution >= 0.6 is 0 Å². The number of allylic oxidation sites excluding steroid dienone is 5. The Balaban J connectivity index is 1.76. The van der Waals surface area contributed by atoms with Gasteiger partial charge in [-0.3, -0.25) is 0 Å². The van der Waals surface area contributed by atoms with E-state index in [9.17, 15) is 4.79 Å². The highest BCUT2D eigenvalue weighted by Gasteiger charge is 2.26. The predicted octanol–water partition coefficient (Wildman–Crippen LogP) is 7.88. The van der Waals surface area contributed by atoms with Gasteiger partial charge < -0.3 is 9.15 Å². The van der Waals surface area contributed by atoms with Crippen LogP contribution in [0.4, 0.5) is 0 Å². The summed E-state index contributed by atoms with van der Waals surface area (Å²) in [4.78, 5) is 12.2. The highest BCUT2D eigenvalue weighted by molar-refractivity contribution is 5.94. The van der Waals surface area contributed by atoms with Gasteiger partial charge in [0, 0.05) is 5.39 Å². The van der Waals surface area contributed by atoms with Gasteiger partial charge in [-0.2, -0.15) is 0 Å². The monoisotopic (exact) mass is 406 g/mol. The van der Waals surface area contributed by atoms with Crippen LogP contribution in [0.2, 0.25) is 0 Å². The number of hydrogen-bond donors (Lipinski definition) is 0. The number of unbranched alkanes of at least 4 members (excludes halogenated alkanes) is 1. The molecule has 0 bridgehead atoms. The number of rotatable bonds is 7. The molecule has 0 N–H and O–H groups in total. The molecule has 0 fully saturated rings. The van der Waals surface area contributed by atoms with Gasteiger partial charge in [0.15, 0.2) is 0 Å². The number of carbonyl (C=O) groups excluding carboxylic acids is 1. The summed E-state index contributed by atoms with van der Waals surface area (Å²) in [6.07, 6.45) is 12.1. The summed E-state index contributed by atoms with van der Waals surface area (Å²) >= 11 is 0. The lowest BCUT2D eigenvalue weighted by Gasteiger charge is -2.32. The lowest BCUT2D eigenvalue weighted by molar-refractivity contribution is 0.0500. The van der Waals surface area contributed by atoms with Crippen molar-refractivity contribution in [2.24, 2.45) is 5.41 Å². The molecule has 1 aromatic carbocycles. The fraction of sp³-hybridized carbons (Fsp3) is 0.444. The van der Waals surface area contributed by atoms with Crippen molar-refractivity contribution in [2.75, 3.05) is 6.61 Å². The molecule has 3 heteroatoms. The molecule has 0 saturated carbocycles. The quantitative estimate of drug-likeness (QED) is 0.267. The second-order valence-corrected chi connectivity index (χ2v) is 9.04. The maximum Gasteiger partial charge on any atom is 0.338 e. The average molecular weight is 407 g/mol. The highest BCUT2D eigenvalue weighted by atomic mass is 16.5. The molecular formula is C27H34O3. The average Bonchev–Trinajstić information content (AvgIpc) is 3.08. The summed E-state index contributed by atoms with van der Waals surface area (Å²) in [7, 11) is 0. The molecule has 2 aromatic rings. The van der Waals surface area contributed by atoms with Gasteiger partial charge in [-0.15, -0.1) is 0 Å². The Labute approximate surface area is 180 Å². The number of hydrogen-bond acceptors (Lipinski definition) is 3. The molecule has 3 rings (SSSR count). The lowest BCUT2D eigenvalue weighted by Crippen LogP contribution is -2.19. The molecule has 30 heavy (non-hydrogen) atoms. The van der Waals surface area contributed by atoms with Crippen molar-refractivity contribution in [3.05, 3.63) is 64.5 Å². The van der Waals surface area contributed by atoms with Crippen molar-refractivity contribution in [1.82, 2.24) is 0 Å². The Morgan fingerprint density at radius 3 is 2.80 bits per heavy atom. The molecule has 1 aliphatic carbocycles. The summed E-state index contributed by atoms with van der Waals surface area (Å²) in [5.74, 6) is 0.494. The van der Waals surface area contributed by atoms with Crippen molar-refractivity contribution in [1.29, 1.82) is 0 Å². The molecular weight excluding hydrogens is 372 g/mol. The Hall–Kier alpha value is -2.55. The Morgan fingerprint density at radius 1 is 1.27 bits per heavy atom. The van der Waals surface area contributed by atoms with E-state index >= 15 is 0 Å². The van der Waals surface area contributed by atoms with Gasteiger partial charge in [-0.05, 0) is 80.4 Å². The molecule has 0 amide bonds. The number of fused-ring (bicyclic) bond motifs is 1. The van der Waals surface area contributed by atoms with Gasteiger partial charge in [0.1, 0.15) is 11.3 Å². The molecule has 0 saturated heterocycles. The first-order chi connectivity index (χ1) is 14.3. The third kappa shape index (κ3) is 5.33. The molecule has 0 aliphatic heterocycles. The first kappa shape index (κ1) is 22.1. The van der Waals surface area contributed by atoms with Crippen molar-refractivity contribution < 1.29 is 13.9 Å².